The molecule has 1 aromatic rings. The molecule has 98 valence electrons. The van der Waals surface area contributed by atoms with E-state index in [2.05, 4.69) is 16.8 Å². The summed E-state index contributed by atoms with van der Waals surface area (Å²) in [5, 5.41) is 0. The van der Waals surface area contributed by atoms with Crippen molar-refractivity contribution < 1.29 is 14.3 Å². The number of rotatable bonds is 0. The number of hydrogen-bond donors (Lipinski definition) is 0. The number of amides is 1. The van der Waals surface area contributed by atoms with Crippen LogP contribution in [0.1, 0.15) is 12.1 Å². The summed E-state index contributed by atoms with van der Waals surface area (Å²) >= 11 is 0. The number of carbonyl (C=O) groups is 1. The molecule has 5 nitrogen and oxygen atoms in total. The summed E-state index contributed by atoms with van der Waals surface area (Å²) in [4.78, 5) is 17.7. The third kappa shape index (κ3) is 2.40. The van der Waals surface area contributed by atoms with Gasteiger partial charge >= 0.3 is 0 Å². The molecule has 0 saturated carbocycles. The van der Waals surface area contributed by atoms with Gasteiger partial charge in [0.05, 0.1) is 32.2 Å². The highest BCUT2D eigenvalue weighted by molar-refractivity contribution is 5.93. The number of nitrogens with zero attached hydrogens (tertiary/aromatic N) is 2. The normalized spacial score (nSPS) is 18.6. The van der Waals surface area contributed by atoms with Crippen LogP contribution in [0, 0.1) is 17.8 Å². The molecule has 2 aliphatic rings. The van der Waals surface area contributed by atoms with Gasteiger partial charge in [-0.3, -0.25) is 9.69 Å². The van der Waals surface area contributed by atoms with Crippen LogP contribution >= 0.6 is 0 Å². The van der Waals surface area contributed by atoms with E-state index >= 15 is 0 Å². The predicted octanol–water partition coefficient (Wildman–Crippen LogP) is 0.825. The van der Waals surface area contributed by atoms with Gasteiger partial charge in [-0.2, -0.15) is 0 Å². The number of carbonyl (C=O) groups excluding carboxylic acids is 1. The topological polar surface area (TPSA) is 51.7 Å². The summed E-state index contributed by atoms with van der Waals surface area (Å²) in [6.07, 6.45) is 0.368. The van der Waals surface area contributed by atoms with Crippen LogP contribution in [-0.2, 0) is 9.53 Å². The maximum Gasteiger partial charge on any atom is 0.231 e. The zero-order chi connectivity index (χ0) is 13.2. The number of hydrogen-bond acceptors (Lipinski definition) is 4. The van der Waals surface area contributed by atoms with Gasteiger partial charge in [-0.25, -0.2) is 4.98 Å². The molecule has 0 unspecified atom stereocenters. The maximum absolute atomic E-state index is 11.8. The Balaban J connectivity index is 1.90. The van der Waals surface area contributed by atoms with Gasteiger partial charge in [0.25, 0.3) is 0 Å². The van der Waals surface area contributed by atoms with Crippen LogP contribution in [0.25, 0.3) is 0 Å². The fourth-order valence-electron chi connectivity index (χ4n) is 1.89. The molecule has 1 saturated heterocycles. The van der Waals surface area contributed by atoms with Gasteiger partial charge in [0.2, 0.25) is 5.91 Å². The van der Waals surface area contributed by atoms with Crippen molar-refractivity contribution >= 4 is 11.7 Å². The smallest absolute Gasteiger partial charge is 0.231 e. The van der Waals surface area contributed by atoms with E-state index in [1.54, 1.807) is 7.05 Å². The molecule has 3 rings (SSSR count). The molecule has 19 heavy (non-hydrogen) atoms. The van der Waals surface area contributed by atoms with Gasteiger partial charge in [0.1, 0.15) is 5.69 Å². The van der Waals surface area contributed by atoms with Crippen LogP contribution in [0.5, 0.6) is 5.75 Å². The minimum absolute atomic E-state index is 0.00347. The van der Waals surface area contributed by atoms with Gasteiger partial charge < -0.3 is 9.47 Å². The van der Waals surface area contributed by atoms with E-state index in [9.17, 15) is 4.79 Å². The van der Waals surface area contributed by atoms with E-state index in [0.29, 0.717) is 49.4 Å². The Labute approximate surface area is 111 Å². The summed E-state index contributed by atoms with van der Waals surface area (Å²) in [5.41, 5.74) is 0.649. The highest BCUT2D eigenvalue weighted by atomic mass is 16.5. The molecule has 0 radical (unpaired) electrons. The molecule has 0 atom stereocenters. The van der Waals surface area contributed by atoms with Crippen LogP contribution in [0.3, 0.4) is 0 Å². The van der Waals surface area contributed by atoms with Crippen molar-refractivity contribution in [2.45, 2.75) is 6.42 Å². The SMILES string of the molecule is CN1C(=O)CCOc2ccc(C#CC3COC3)nc21. The lowest BCUT2D eigenvalue weighted by Crippen LogP contribution is -2.26. The van der Waals surface area contributed by atoms with Crippen LogP contribution in [0.2, 0.25) is 0 Å². The van der Waals surface area contributed by atoms with Gasteiger partial charge in [0, 0.05) is 7.05 Å². The first-order valence-electron chi connectivity index (χ1n) is 6.24. The van der Waals surface area contributed by atoms with E-state index in [1.165, 1.54) is 4.90 Å². The predicted molar refractivity (Wildman–Crippen MR) is 68.9 cm³/mol. The molecule has 1 aromatic heterocycles. The Bertz CT molecular complexity index is 570. The average Bonchev–Trinajstić information content (AvgIpc) is 2.49. The Morgan fingerprint density at radius 2 is 2.26 bits per heavy atom. The van der Waals surface area contributed by atoms with Crippen LogP contribution in [0.15, 0.2) is 12.1 Å². The summed E-state index contributed by atoms with van der Waals surface area (Å²) in [5.74, 6) is 7.60. The summed E-state index contributed by atoms with van der Waals surface area (Å²) in [6, 6.07) is 3.63. The number of ether oxygens (including phenoxy) is 2. The lowest BCUT2D eigenvalue weighted by Gasteiger charge is -2.20. The molecular weight excluding hydrogens is 244 g/mol. The fourth-order valence-corrected chi connectivity index (χ4v) is 1.89. The molecule has 0 aromatic carbocycles. The van der Waals surface area contributed by atoms with Gasteiger partial charge in [-0.15, -0.1) is 0 Å². The standard InChI is InChI=1S/C14H14N2O3/c1-16-13(17)6-7-19-12-5-4-11(15-14(12)16)3-2-10-8-18-9-10/h4-5,10H,6-9H2,1H3. The lowest BCUT2D eigenvalue weighted by atomic mass is 10.1. The number of anilines is 1. The summed E-state index contributed by atoms with van der Waals surface area (Å²) in [7, 11) is 1.71. The Morgan fingerprint density at radius 3 is 3.00 bits per heavy atom. The lowest BCUT2D eigenvalue weighted by molar-refractivity contribution is -0.118. The van der Waals surface area contributed by atoms with Crippen molar-refractivity contribution in [2.75, 3.05) is 31.8 Å². The second kappa shape index (κ2) is 4.90. The van der Waals surface area contributed by atoms with E-state index in [1.807, 2.05) is 12.1 Å². The van der Waals surface area contributed by atoms with Crippen molar-refractivity contribution in [1.82, 2.24) is 4.98 Å². The van der Waals surface area contributed by atoms with Gasteiger partial charge in [0.15, 0.2) is 11.6 Å². The molecule has 1 amide bonds. The van der Waals surface area contributed by atoms with Crippen molar-refractivity contribution in [1.29, 1.82) is 0 Å². The minimum atomic E-state index is 0.00347. The zero-order valence-corrected chi connectivity index (χ0v) is 10.7. The molecule has 5 heteroatoms. The zero-order valence-electron chi connectivity index (χ0n) is 10.7. The number of aromatic nitrogens is 1. The number of pyridine rings is 1. The van der Waals surface area contributed by atoms with E-state index in [0.717, 1.165) is 0 Å². The molecule has 0 aliphatic carbocycles. The molecule has 2 aliphatic heterocycles. The first-order chi connectivity index (χ1) is 9.24. The summed E-state index contributed by atoms with van der Waals surface area (Å²) in [6.45, 7) is 1.78. The maximum atomic E-state index is 11.8. The molecule has 0 N–H and O–H groups in total. The van der Waals surface area contributed by atoms with Crippen LogP contribution in [-0.4, -0.2) is 37.8 Å². The first kappa shape index (κ1) is 12.0. The van der Waals surface area contributed by atoms with Crippen molar-refractivity contribution in [3.05, 3.63) is 17.8 Å². The first-order valence-corrected chi connectivity index (χ1v) is 6.24. The molecule has 0 bridgehead atoms. The van der Waals surface area contributed by atoms with Crippen molar-refractivity contribution in [3.63, 3.8) is 0 Å². The van der Waals surface area contributed by atoms with Crippen molar-refractivity contribution in [3.8, 4) is 17.6 Å². The highest BCUT2D eigenvalue weighted by Crippen LogP contribution is 2.28. The molecule has 3 heterocycles. The van der Waals surface area contributed by atoms with E-state index in [-0.39, 0.29) is 5.91 Å². The van der Waals surface area contributed by atoms with Crippen molar-refractivity contribution in [2.24, 2.45) is 5.92 Å². The summed E-state index contributed by atoms with van der Waals surface area (Å²) < 4.78 is 10.6. The molecule has 1 fully saturated rings. The Hall–Kier alpha value is -2.06. The van der Waals surface area contributed by atoms with E-state index in [4.69, 9.17) is 9.47 Å². The van der Waals surface area contributed by atoms with E-state index < -0.39 is 0 Å². The molecule has 0 spiro atoms. The van der Waals surface area contributed by atoms with Crippen LogP contribution in [0.4, 0.5) is 5.82 Å². The van der Waals surface area contributed by atoms with Crippen LogP contribution < -0.4 is 9.64 Å². The van der Waals surface area contributed by atoms with Gasteiger partial charge in [-0.1, -0.05) is 5.92 Å². The van der Waals surface area contributed by atoms with Gasteiger partial charge in [-0.05, 0) is 18.1 Å². The third-order valence-electron chi connectivity index (χ3n) is 3.15. The largest absolute Gasteiger partial charge is 0.489 e. The Kier molecular flexibility index (Phi) is 3.10. The average molecular weight is 258 g/mol. The quantitative estimate of drug-likeness (QED) is 0.647. The highest BCUT2D eigenvalue weighted by Gasteiger charge is 2.21. The fraction of sp³-hybridized carbons (Fsp3) is 0.429. The number of fused-ring (bicyclic) bond motifs is 1. The second-order valence-corrected chi connectivity index (χ2v) is 4.57. The Morgan fingerprint density at radius 1 is 1.42 bits per heavy atom. The monoisotopic (exact) mass is 258 g/mol. The third-order valence-corrected chi connectivity index (χ3v) is 3.15. The second-order valence-electron chi connectivity index (χ2n) is 4.57. The molecular formula is C14H14N2O3. The minimum Gasteiger partial charge on any atom is -0.489 e.